The smallest absolute Gasteiger partial charge is 0.407 e. The molecule has 1 aliphatic rings. The predicted octanol–water partition coefficient (Wildman–Crippen LogP) is 4.95. The first kappa shape index (κ1) is 27.1. The van der Waals surface area contributed by atoms with Gasteiger partial charge in [0.25, 0.3) is 0 Å². The third-order valence-electron chi connectivity index (χ3n) is 7.37. The van der Waals surface area contributed by atoms with Gasteiger partial charge in [0, 0.05) is 37.2 Å². The van der Waals surface area contributed by atoms with Crippen LogP contribution in [0, 0.1) is 23.1 Å². The molecule has 5 rings (SSSR count). The van der Waals surface area contributed by atoms with Crippen LogP contribution in [0.1, 0.15) is 24.0 Å². The summed E-state index contributed by atoms with van der Waals surface area (Å²) in [7, 11) is 3.57. The summed E-state index contributed by atoms with van der Waals surface area (Å²) in [5.74, 6) is 0.406. The van der Waals surface area contributed by atoms with Gasteiger partial charge in [0.05, 0.1) is 42.2 Å². The summed E-state index contributed by atoms with van der Waals surface area (Å²) in [6.45, 7) is 2.76. The fraction of sp³-hybridized carbons (Fsp3) is 0.333. The average Bonchev–Trinajstić information content (AvgIpc) is 3.45. The number of benzene rings is 2. The number of carbonyl (C=O) groups is 1. The van der Waals surface area contributed by atoms with Crippen molar-refractivity contribution in [3.8, 4) is 34.5 Å². The molecule has 0 saturated carbocycles. The van der Waals surface area contributed by atoms with Crippen molar-refractivity contribution in [2.45, 2.75) is 19.3 Å². The van der Waals surface area contributed by atoms with Crippen LogP contribution in [0.2, 0.25) is 0 Å². The Bertz CT molecular complexity index is 1560. The first-order valence-corrected chi connectivity index (χ1v) is 13.2. The molecule has 4 aromatic rings. The second-order valence-electron chi connectivity index (χ2n) is 10.3. The van der Waals surface area contributed by atoms with Crippen LogP contribution < -0.4 is 4.74 Å². The number of rotatable bonds is 8. The molecule has 1 amide bonds. The molecule has 1 fully saturated rings. The molecule has 3 heterocycles. The molecule has 10 heteroatoms. The maximum Gasteiger partial charge on any atom is 0.407 e. The van der Waals surface area contributed by atoms with Crippen LogP contribution in [0.5, 0.6) is 5.88 Å². The van der Waals surface area contributed by atoms with Crippen molar-refractivity contribution in [1.82, 2.24) is 24.2 Å². The summed E-state index contributed by atoms with van der Waals surface area (Å²) in [4.78, 5) is 23.8. The van der Waals surface area contributed by atoms with Crippen molar-refractivity contribution in [2.24, 2.45) is 5.92 Å². The fourth-order valence-electron chi connectivity index (χ4n) is 5.13. The van der Waals surface area contributed by atoms with Gasteiger partial charge < -0.3 is 19.6 Å². The van der Waals surface area contributed by atoms with Gasteiger partial charge in [-0.25, -0.2) is 19.2 Å². The number of aromatic nitrogens is 3. The second-order valence-corrected chi connectivity index (χ2v) is 10.3. The van der Waals surface area contributed by atoms with Crippen LogP contribution >= 0.6 is 0 Å². The van der Waals surface area contributed by atoms with Gasteiger partial charge in [0.15, 0.2) is 0 Å². The van der Waals surface area contributed by atoms with Crippen LogP contribution in [-0.2, 0) is 6.42 Å². The van der Waals surface area contributed by atoms with Gasteiger partial charge in [-0.05, 0) is 56.6 Å². The third kappa shape index (κ3) is 5.75. The van der Waals surface area contributed by atoms with E-state index in [9.17, 15) is 10.1 Å². The largest absolute Gasteiger partial charge is 0.476 e. The summed E-state index contributed by atoms with van der Waals surface area (Å²) in [5.41, 5.74) is 4.16. The zero-order valence-electron chi connectivity index (χ0n) is 22.5. The Labute approximate surface area is 232 Å². The van der Waals surface area contributed by atoms with Gasteiger partial charge >= 0.3 is 6.09 Å². The van der Waals surface area contributed by atoms with E-state index in [1.165, 1.54) is 13.1 Å². The summed E-state index contributed by atoms with van der Waals surface area (Å²) in [6.07, 6.45) is 4.76. The first-order chi connectivity index (χ1) is 19.3. The molecule has 2 aromatic heterocycles. The maximum atomic E-state index is 15.3. The van der Waals surface area contributed by atoms with Crippen molar-refractivity contribution in [3.05, 3.63) is 71.9 Å². The van der Waals surface area contributed by atoms with E-state index in [1.54, 1.807) is 36.8 Å². The summed E-state index contributed by atoms with van der Waals surface area (Å²) in [5, 5.41) is 18.4. The molecule has 40 heavy (non-hydrogen) atoms. The highest BCUT2D eigenvalue weighted by atomic mass is 19.1. The Morgan fingerprint density at radius 2 is 2.02 bits per heavy atom. The molecule has 0 radical (unpaired) electrons. The van der Waals surface area contributed by atoms with E-state index in [2.05, 4.69) is 23.0 Å². The number of amides is 1. The van der Waals surface area contributed by atoms with Gasteiger partial charge in [-0.3, -0.25) is 4.40 Å². The molecule has 1 N–H and O–H groups in total. The van der Waals surface area contributed by atoms with Crippen molar-refractivity contribution in [2.75, 3.05) is 40.3 Å². The molecule has 0 aliphatic carbocycles. The van der Waals surface area contributed by atoms with Crippen LogP contribution in [-0.4, -0.2) is 75.7 Å². The number of halogens is 1. The van der Waals surface area contributed by atoms with Gasteiger partial charge in [-0.2, -0.15) is 5.26 Å². The quantitative estimate of drug-likeness (QED) is 0.336. The summed E-state index contributed by atoms with van der Waals surface area (Å²) >= 11 is 0. The number of likely N-dealkylation sites (tertiary alicyclic amines) is 1. The molecule has 0 unspecified atom stereocenters. The van der Waals surface area contributed by atoms with E-state index in [0.717, 1.165) is 36.4 Å². The lowest BCUT2D eigenvalue weighted by molar-refractivity contribution is 0.148. The molecule has 1 aliphatic heterocycles. The highest BCUT2D eigenvalue weighted by molar-refractivity contribution is 5.82. The monoisotopic (exact) mass is 542 g/mol. The fourth-order valence-corrected chi connectivity index (χ4v) is 5.13. The minimum absolute atomic E-state index is 0.179. The van der Waals surface area contributed by atoms with Gasteiger partial charge in [0.2, 0.25) is 5.88 Å². The zero-order chi connectivity index (χ0) is 28.2. The Hall–Kier alpha value is -4.49. The number of ether oxygens (including phenoxy) is 1. The number of likely N-dealkylation sites (N-methyl/N-ethyl adjacent to an activating group) is 1. The molecule has 206 valence electrons. The first-order valence-electron chi connectivity index (χ1n) is 13.2. The third-order valence-corrected chi connectivity index (χ3v) is 7.37. The highest BCUT2D eigenvalue weighted by Gasteiger charge is 2.22. The van der Waals surface area contributed by atoms with Crippen LogP contribution in [0.3, 0.4) is 0 Å². The number of imidazole rings is 1. The lowest BCUT2D eigenvalue weighted by Crippen LogP contribution is -2.34. The standard InChI is InChI=1S/C30H31FN6O3/c1-35-12-3-4-21(17-35)18-40-29-26-16-33-19-37(26)28(27(34-29)23-7-5-20(15-32)6-8-23)24-10-9-22(25(31)14-24)11-13-36(2)30(38)39/h5-10,14,16,19,21H,3-4,11-13,17-18H2,1-2H3,(H,38,39)/t21-/m1/s1. The Balaban J connectivity index is 1.56. The number of hydrogen-bond donors (Lipinski definition) is 1. The van der Waals surface area contributed by atoms with Crippen molar-refractivity contribution >= 4 is 11.6 Å². The van der Waals surface area contributed by atoms with E-state index in [1.807, 2.05) is 16.5 Å². The molecule has 0 bridgehead atoms. The Kier molecular flexibility index (Phi) is 7.94. The lowest BCUT2D eigenvalue weighted by atomic mass is 9.99. The topological polar surface area (TPSA) is 107 Å². The maximum absolute atomic E-state index is 15.3. The number of carboxylic acid groups (broad SMARTS) is 1. The molecular formula is C30H31FN6O3. The SMILES string of the molecule is CN1CCC[C@@H](COc2nc(-c3ccc(C#N)cc3)c(-c3ccc(CCN(C)C(=O)O)c(F)c3)n3cncc23)C1. The van der Waals surface area contributed by atoms with Crippen LogP contribution in [0.15, 0.2) is 55.0 Å². The number of nitrogens with zero attached hydrogens (tertiary/aromatic N) is 6. The number of nitriles is 1. The molecule has 2 aromatic carbocycles. The molecule has 9 nitrogen and oxygen atoms in total. The minimum atomic E-state index is -1.06. The summed E-state index contributed by atoms with van der Waals surface area (Å²) in [6, 6.07) is 14.1. The zero-order valence-corrected chi connectivity index (χ0v) is 22.5. The Morgan fingerprint density at radius 1 is 1.25 bits per heavy atom. The number of hydrogen-bond acceptors (Lipinski definition) is 6. The molecule has 1 atom stereocenters. The van der Waals surface area contributed by atoms with Crippen molar-refractivity contribution in [3.63, 3.8) is 0 Å². The number of piperidine rings is 1. The Morgan fingerprint density at radius 3 is 2.73 bits per heavy atom. The van der Waals surface area contributed by atoms with E-state index in [0.29, 0.717) is 52.0 Å². The van der Waals surface area contributed by atoms with Crippen LogP contribution in [0.25, 0.3) is 28.0 Å². The van der Waals surface area contributed by atoms with E-state index in [-0.39, 0.29) is 13.0 Å². The van der Waals surface area contributed by atoms with Gasteiger partial charge in [-0.1, -0.05) is 24.3 Å². The molecule has 0 spiro atoms. The molecular weight excluding hydrogens is 511 g/mol. The minimum Gasteiger partial charge on any atom is -0.476 e. The van der Waals surface area contributed by atoms with Gasteiger partial charge in [-0.15, -0.1) is 0 Å². The van der Waals surface area contributed by atoms with E-state index >= 15 is 4.39 Å². The van der Waals surface area contributed by atoms with Crippen molar-refractivity contribution < 1.29 is 19.0 Å². The number of fused-ring (bicyclic) bond motifs is 1. The van der Waals surface area contributed by atoms with E-state index in [4.69, 9.17) is 14.8 Å². The summed E-state index contributed by atoms with van der Waals surface area (Å²) < 4.78 is 23.5. The molecule has 1 saturated heterocycles. The average molecular weight is 543 g/mol. The van der Waals surface area contributed by atoms with Gasteiger partial charge in [0.1, 0.15) is 11.3 Å². The normalized spacial score (nSPS) is 15.6. The second kappa shape index (κ2) is 11.7. The van der Waals surface area contributed by atoms with Crippen molar-refractivity contribution in [1.29, 1.82) is 5.26 Å². The predicted molar refractivity (Wildman–Crippen MR) is 149 cm³/mol. The van der Waals surface area contributed by atoms with Crippen LogP contribution in [0.4, 0.5) is 9.18 Å². The lowest BCUT2D eigenvalue weighted by Gasteiger charge is -2.29. The van der Waals surface area contributed by atoms with E-state index < -0.39 is 11.9 Å². The highest BCUT2D eigenvalue weighted by Crippen LogP contribution is 2.36.